The van der Waals surface area contributed by atoms with Gasteiger partial charge in [0.05, 0.1) is 11.1 Å². The van der Waals surface area contributed by atoms with E-state index >= 15 is 0 Å². The lowest BCUT2D eigenvalue weighted by atomic mass is 9.81. The third-order valence-electron chi connectivity index (χ3n) is 11.5. The van der Waals surface area contributed by atoms with Crippen molar-refractivity contribution >= 4 is 39.0 Å². The molecule has 0 bridgehead atoms. The van der Waals surface area contributed by atoms with E-state index < -0.39 is 0 Å². The second-order valence-corrected chi connectivity index (χ2v) is 14.9. The minimum absolute atomic E-state index is 0.114. The molecule has 1 heterocycles. The first-order valence-electron chi connectivity index (χ1n) is 17.6. The zero-order valence-electron chi connectivity index (χ0n) is 28.8. The highest BCUT2D eigenvalue weighted by molar-refractivity contribution is 6.13. The van der Waals surface area contributed by atoms with Crippen molar-refractivity contribution in [3.63, 3.8) is 0 Å². The fraction of sp³-hybridized carbons (Fsp3) is 0.125. The molecule has 2 aliphatic carbocycles. The Morgan fingerprint density at radius 1 is 0.440 bits per heavy atom. The van der Waals surface area contributed by atoms with Crippen LogP contribution in [0, 0.1) is 0 Å². The van der Waals surface area contributed by atoms with Crippen LogP contribution in [0.1, 0.15) is 49.9 Å². The number of rotatable bonds is 4. The second-order valence-electron chi connectivity index (χ2n) is 14.9. The van der Waals surface area contributed by atoms with Crippen molar-refractivity contribution in [3.8, 4) is 33.4 Å². The normalized spacial score (nSPS) is 14.7. The molecular formula is C48H37NO. The SMILES string of the molecule is CC1(C)c2ccccc2-c2ccc(N(c3ccc4c(c3)C(C)(C)c3cccc(-c5ccccc5)c3-4)c3cccc4oc5ccccc5c34)cc21. The first-order chi connectivity index (χ1) is 24.3. The molecule has 2 aliphatic rings. The maximum Gasteiger partial charge on any atom is 0.137 e. The lowest BCUT2D eigenvalue weighted by molar-refractivity contribution is 0.660. The molecule has 0 radical (unpaired) electrons. The van der Waals surface area contributed by atoms with Crippen molar-refractivity contribution in [1.82, 2.24) is 0 Å². The van der Waals surface area contributed by atoms with Gasteiger partial charge < -0.3 is 9.32 Å². The number of nitrogens with zero attached hydrogens (tertiary/aromatic N) is 1. The van der Waals surface area contributed by atoms with Crippen LogP contribution in [0.25, 0.3) is 55.3 Å². The van der Waals surface area contributed by atoms with Crippen molar-refractivity contribution in [1.29, 1.82) is 0 Å². The molecular weight excluding hydrogens is 607 g/mol. The van der Waals surface area contributed by atoms with Crippen molar-refractivity contribution < 1.29 is 4.42 Å². The van der Waals surface area contributed by atoms with Gasteiger partial charge in [0.1, 0.15) is 11.2 Å². The molecule has 2 nitrogen and oxygen atoms in total. The molecule has 0 atom stereocenters. The summed E-state index contributed by atoms with van der Waals surface area (Å²) in [5.41, 5.74) is 18.2. The minimum Gasteiger partial charge on any atom is -0.456 e. The molecule has 0 spiro atoms. The molecule has 0 fully saturated rings. The number of benzene rings is 7. The van der Waals surface area contributed by atoms with E-state index in [0.29, 0.717) is 0 Å². The van der Waals surface area contributed by atoms with E-state index in [2.05, 4.69) is 178 Å². The summed E-state index contributed by atoms with van der Waals surface area (Å²) in [7, 11) is 0. The summed E-state index contributed by atoms with van der Waals surface area (Å²) >= 11 is 0. The molecule has 7 aromatic carbocycles. The fourth-order valence-corrected chi connectivity index (χ4v) is 8.97. The Labute approximate surface area is 293 Å². The van der Waals surface area contributed by atoms with Crippen molar-refractivity contribution in [2.45, 2.75) is 38.5 Å². The van der Waals surface area contributed by atoms with Crippen molar-refractivity contribution in [2.24, 2.45) is 0 Å². The molecule has 240 valence electrons. The van der Waals surface area contributed by atoms with Gasteiger partial charge in [-0.2, -0.15) is 0 Å². The van der Waals surface area contributed by atoms with Crippen LogP contribution < -0.4 is 4.90 Å². The van der Waals surface area contributed by atoms with Crippen LogP contribution in [0.4, 0.5) is 17.1 Å². The van der Waals surface area contributed by atoms with Gasteiger partial charge in [0.25, 0.3) is 0 Å². The summed E-state index contributed by atoms with van der Waals surface area (Å²) in [6.07, 6.45) is 0. The summed E-state index contributed by atoms with van der Waals surface area (Å²) in [4.78, 5) is 2.46. The molecule has 1 aromatic heterocycles. The molecule has 0 saturated carbocycles. The maximum absolute atomic E-state index is 6.44. The molecule has 8 aromatic rings. The predicted molar refractivity (Wildman–Crippen MR) is 209 cm³/mol. The van der Waals surface area contributed by atoms with Gasteiger partial charge in [0.2, 0.25) is 0 Å². The average molecular weight is 644 g/mol. The van der Waals surface area contributed by atoms with E-state index in [-0.39, 0.29) is 10.8 Å². The quantitative estimate of drug-likeness (QED) is 0.190. The number of para-hydroxylation sites is 1. The topological polar surface area (TPSA) is 16.4 Å². The zero-order valence-corrected chi connectivity index (χ0v) is 28.8. The van der Waals surface area contributed by atoms with E-state index in [1.807, 2.05) is 6.07 Å². The van der Waals surface area contributed by atoms with E-state index in [9.17, 15) is 0 Å². The zero-order chi connectivity index (χ0) is 33.8. The van der Waals surface area contributed by atoms with Crippen molar-refractivity contribution in [2.75, 3.05) is 4.90 Å². The lowest BCUT2D eigenvalue weighted by Crippen LogP contribution is -2.18. The van der Waals surface area contributed by atoms with Crippen LogP contribution in [-0.4, -0.2) is 0 Å². The third kappa shape index (κ3) is 3.96. The summed E-state index contributed by atoms with van der Waals surface area (Å²) in [6.45, 7) is 9.46. The monoisotopic (exact) mass is 643 g/mol. The van der Waals surface area contributed by atoms with E-state index in [0.717, 1.165) is 39.0 Å². The highest BCUT2D eigenvalue weighted by atomic mass is 16.3. The Balaban J connectivity index is 1.22. The molecule has 0 N–H and O–H groups in total. The van der Waals surface area contributed by atoms with Gasteiger partial charge in [-0.1, -0.05) is 137 Å². The Kier molecular flexibility index (Phi) is 6.01. The predicted octanol–water partition coefficient (Wildman–Crippen LogP) is 13.3. The van der Waals surface area contributed by atoms with Gasteiger partial charge in [-0.05, 0) is 98.1 Å². The van der Waals surface area contributed by atoms with Crippen LogP contribution in [-0.2, 0) is 10.8 Å². The first kappa shape index (κ1) is 29.1. The smallest absolute Gasteiger partial charge is 0.137 e. The van der Waals surface area contributed by atoms with E-state index in [1.54, 1.807) is 0 Å². The third-order valence-corrected chi connectivity index (χ3v) is 11.5. The van der Waals surface area contributed by atoms with Gasteiger partial charge in [-0.15, -0.1) is 0 Å². The van der Waals surface area contributed by atoms with Crippen LogP contribution in [0.2, 0.25) is 0 Å². The summed E-state index contributed by atoms with van der Waals surface area (Å²) in [5.74, 6) is 0. The molecule has 0 amide bonds. The molecule has 2 heteroatoms. The molecule has 50 heavy (non-hydrogen) atoms. The highest BCUT2D eigenvalue weighted by Gasteiger charge is 2.39. The fourth-order valence-electron chi connectivity index (χ4n) is 8.97. The van der Waals surface area contributed by atoms with Gasteiger partial charge in [-0.25, -0.2) is 0 Å². The number of anilines is 3. The largest absolute Gasteiger partial charge is 0.456 e. The second kappa shape index (κ2) is 10.3. The minimum atomic E-state index is -0.174. The first-order valence-corrected chi connectivity index (χ1v) is 17.6. The Bertz CT molecular complexity index is 2660. The molecule has 0 aliphatic heterocycles. The van der Waals surface area contributed by atoms with Crippen LogP contribution in [0.5, 0.6) is 0 Å². The highest BCUT2D eigenvalue weighted by Crippen LogP contribution is 2.55. The van der Waals surface area contributed by atoms with Gasteiger partial charge in [-0.3, -0.25) is 0 Å². The van der Waals surface area contributed by atoms with Crippen molar-refractivity contribution in [3.05, 3.63) is 174 Å². The van der Waals surface area contributed by atoms with Gasteiger partial charge in [0, 0.05) is 27.6 Å². The summed E-state index contributed by atoms with van der Waals surface area (Å²) in [5, 5.41) is 2.25. The number of hydrogen-bond acceptors (Lipinski definition) is 2. The molecule has 0 saturated heterocycles. The number of hydrogen-bond donors (Lipinski definition) is 0. The molecule has 0 unspecified atom stereocenters. The standard InChI is InChI=1S/C48H37NO/c1-47(2)38-19-10-8-16-34(38)35-26-24-31(28-40(35)47)49(42-21-13-23-44-46(42)37-17-9-11-22-43(37)50-44)32-25-27-36-41(29-32)48(3,4)39-20-12-18-33(45(36)39)30-14-6-5-7-15-30/h5-29H,1-4H3. The van der Waals surface area contributed by atoms with Crippen LogP contribution in [0.15, 0.2) is 156 Å². The van der Waals surface area contributed by atoms with Crippen LogP contribution >= 0.6 is 0 Å². The summed E-state index contributed by atoms with van der Waals surface area (Å²) in [6, 6.07) is 55.5. The molecule has 10 rings (SSSR count). The number of fused-ring (bicyclic) bond motifs is 9. The lowest BCUT2D eigenvalue weighted by Gasteiger charge is -2.30. The van der Waals surface area contributed by atoms with Crippen LogP contribution in [0.3, 0.4) is 0 Å². The van der Waals surface area contributed by atoms with E-state index in [4.69, 9.17) is 4.42 Å². The van der Waals surface area contributed by atoms with Gasteiger partial charge >= 0.3 is 0 Å². The Morgan fingerprint density at radius 2 is 1.02 bits per heavy atom. The summed E-state index contributed by atoms with van der Waals surface area (Å²) < 4.78 is 6.44. The number of furan rings is 1. The Morgan fingerprint density at radius 3 is 1.84 bits per heavy atom. The Hall–Kier alpha value is -5.86. The maximum atomic E-state index is 6.44. The van der Waals surface area contributed by atoms with Gasteiger partial charge in [0.15, 0.2) is 0 Å². The van der Waals surface area contributed by atoms with E-state index in [1.165, 1.54) is 55.6 Å². The average Bonchev–Trinajstić information content (AvgIpc) is 3.72.